The molecule has 4 aromatic rings. The van der Waals surface area contributed by atoms with Gasteiger partial charge in [0.15, 0.2) is 0 Å². The predicted molar refractivity (Wildman–Crippen MR) is 133 cm³/mol. The van der Waals surface area contributed by atoms with Crippen LogP contribution in [0.1, 0.15) is 0 Å². The van der Waals surface area contributed by atoms with Crippen molar-refractivity contribution in [1.82, 2.24) is 0 Å². The molecule has 0 saturated heterocycles. The molecule has 0 radical (unpaired) electrons. The van der Waals surface area contributed by atoms with Crippen LogP contribution in [0, 0.1) is 0 Å². The zero-order valence-electron chi connectivity index (χ0n) is 21.2. The minimum Gasteiger partial charge on any atom is -0.744 e. The SMILES string of the molecule is O=S(=O)([O-])c1cccc(N=Nc2ccc(O)cc2)c1.O=S(=O)([O-])c1cccc(N=Nc2ccc(O)cc2)c1.[Na+].[Na+]. The quantitative estimate of drug-likeness (QED) is 0.166. The first-order chi connectivity index (χ1) is 17.9. The number of rotatable bonds is 6. The van der Waals surface area contributed by atoms with E-state index in [0.29, 0.717) is 11.4 Å². The summed E-state index contributed by atoms with van der Waals surface area (Å²) in [5, 5.41) is 33.5. The molecule has 0 heterocycles. The van der Waals surface area contributed by atoms with Gasteiger partial charge in [-0.3, -0.25) is 0 Å². The predicted octanol–water partition coefficient (Wildman–Crippen LogP) is -0.569. The van der Waals surface area contributed by atoms with Crippen molar-refractivity contribution in [2.24, 2.45) is 20.5 Å². The number of hydrogen-bond donors (Lipinski definition) is 2. The summed E-state index contributed by atoms with van der Waals surface area (Å²) < 4.78 is 65.0. The van der Waals surface area contributed by atoms with Crippen LogP contribution >= 0.6 is 0 Å². The fourth-order valence-electron chi connectivity index (χ4n) is 2.67. The van der Waals surface area contributed by atoms with Crippen molar-refractivity contribution >= 4 is 43.0 Å². The first-order valence-corrected chi connectivity index (χ1v) is 13.3. The van der Waals surface area contributed by atoms with Crippen molar-refractivity contribution in [2.45, 2.75) is 9.79 Å². The van der Waals surface area contributed by atoms with Crippen LogP contribution in [0.3, 0.4) is 0 Å². The Balaban J connectivity index is 0.000000381. The van der Waals surface area contributed by atoms with Crippen LogP contribution in [0.4, 0.5) is 22.7 Å². The van der Waals surface area contributed by atoms with Crippen molar-refractivity contribution in [3.63, 3.8) is 0 Å². The van der Waals surface area contributed by atoms with E-state index in [4.69, 9.17) is 10.2 Å². The third kappa shape index (κ3) is 11.9. The van der Waals surface area contributed by atoms with E-state index in [2.05, 4.69) is 20.5 Å². The molecule has 0 aliphatic carbocycles. The Kier molecular flexibility index (Phi) is 14.3. The molecular weight excluding hydrogens is 582 g/mol. The van der Waals surface area contributed by atoms with Crippen LogP contribution in [-0.4, -0.2) is 36.2 Å². The monoisotopic (exact) mass is 600 g/mol. The van der Waals surface area contributed by atoms with Gasteiger partial charge < -0.3 is 19.3 Å². The topological polar surface area (TPSA) is 204 Å². The van der Waals surface area contributed by atoms with E-state index in [-0.39, 0.29) is 91.8 Å². The van der Waals surface area contributed by atoms with E-state index >= 15 is 0 Å². The zero-order valence-corrected chi connectivity index (χ0v) is 26.8. The summed E-state index contributed by atoms with van der Waals surface area (Å²) in [6.07, 6.45) is 0. The third-order valence-electron chi connectivity index (χ3n) is 4.47. The minimum absolute atomic E-state index is 0. The van der Waals surface area contributed by atoms with Gasteiger partial charge in [0, 0.05) is 0 Å². The maximum atomic E-state index is 10.8. The summed E-state index contributed by atoms with van der Waals surface area (Å²) in [5.74, 6) is 0.219. The molecule has 40 heavy (non-hydrogen) atoms. The van der Waals surface area contributed by atoms with Gasteiger partial charge in [-0.1, -0.05) is 12.1 Å². The maximum absolute atomic E-state index is 10.8. The summed E-state index contributed by atoms with van der Waals surface area (Å²) in [6, 6.07) is 22.6. The number of aromatic hydroxyl groups is 2. The molecule has 0 amide bonds. The smallest absolute Gasteiger partial charge is 0.744 e. The molecule has 0 saturated carbocycles. The molecule has 12 nitrogen and oxygen atoms in total. The molecule has 0 spiro atoms. The summed E-state index contributed by atoms with van der Waals surface area (Å²) in [4.78, 5) is -0.704. The first-order valence-electron chi connectivity index (χ1n) is 10.4. The largest absolute Gasteiger partial charge is 1.00 e. The molecule has 0 fully saturated rings. The van der Waals surface area contributed by atoms with E-state index in [1.54, 1.807) is 24.3 Å². The van der Waals surface area contributed by atoms with E-state index in [1.807, 2.05) is 0 Å². The molecule has 0 bridgehead atoms. The van der Waals surface area contributed by atoms with Gasteiger partial charge in [0.2, 0.25) is 0 Å². The van der Waals surface area contributed by atoms with Crippen LogP contribution in [0.2, 0.25) is 0 Å². The normalized spacial score (nSPS) is 11.2. The Hall–Kier alpha value is -2.50. The second-order valence-corrected chi connectivity index (χ2v) is 10.1. The van der Waals surface area contributed by atoms with Gasteiger partial charge >= 0.3 is 59.1 Å². The number of benzene rings is 4. The number of azo groups is 2. The van der Waals surface area contributed by atoms with Crippen molar-refractivity contribution in [2.75, 3.05) is 0 Å². The molecule has 0 unspecified atom stereocenters. The van der Waals surface area contributed by atoms with Gasteiger partial charge in [-0.05, 0) is 84.9 Å². The number of phenols is 2. The number of phenolic OH excluding ortho intramolecular Hbond substituents is 2. The summed E-state index contributed by atoms with van der Waals surface area (Å²) >= 11 is 0. The molecule has 0 aliphatic rings. The van der Waals surface area contributed by atoms with E-state index in [0.717, 1.165) is 12.1 Å². The summed E-state index contributed by atoms with van der Waals surface area (Å²) in [6.45, 7) is 0. The van der Waals surface area contributed by atoms with Crippen LogP contribution < -0.4 is 59.1 Å². The van der Waals surface area contributed by atoms with Crippen LogP contribution in [0.5, 0.6) is 11.5 Å². The van der Waals surface area contributed by atoms with Crippen molar-refractivity contribution in [1.29, 1.82) is 0 Å². The minimum atomic E-state index is -4.50. The molecule has 0 aromatic heterocycles. The molecule has 4 rings (SSSR count). The molecule has 0 aliphatic heterocycles. The van der Waals surface area contributed by atoms with Crippen LogP contribution in [0.15, 0.2) is 127 Å². The number of hydrogen-bond acceptors (Lipinski definition) is 12. The van der Waals surface area contributed by atoms with Gasteiger partial charge in [-0.25, -0.2) is 16.8 Å². The van der Waals surface area contributed by atoms with Crippen molar-refractivity contribution in [3.8, 4) is 11.5 Å². The summed E-state index contributed by atoms with van der Waals surface area (Å²) in [7, 11) is -9.00. The van der Waals surface area contributed by atoms with E-state index in [1.165, 1.54) is 60.7 Å². The summed E-state index contributed by atoms with van der Waals surface area (Å²) in [5.41, 5.74) is 1.50. The van der Waals surface area contributed by atoms with Crippen LogP contribution in [0.25, 0.3) is 0 Å². The Labute approximate surface area is 274 Å². The maximum Gasteiger partial charge on any atom is 1.00 e. The Morgan fingerprint density at radius 1 is 0.475 bits per heavy atom. The van der Waals surface area contributed by atoms with Crippen molar-refractivity contribution in [3.05, 3.63) is 97.1 Å². The van der Waals surface area contributed by atoms with E-state index in [9.17, 15) is 25.9 Å². The molecular formula is C24H18N4Na2O8S2. The standard InChI is InChI=1S/2C12H10N2O4S.2Na/c2*15-11-6-4-9(5-7-11)13-14-10-2-1-3-12(8-10)19(16,17)18;;/h2*1-8,15H,(H,16,17,18);;/q;;2*+1/p-2. The Bertz CT molecular complexity index is 1560. The molecule has 2 N–H and O–H groups in total. The van der Waals surface area contributed by atoms with Gasteiger partial charge in [-0.15, -0.1) is 0 Å². The van der Waals surface area contributed by atoms with Gasteiger partial charge in [0.25, 0.3) is 0 Å². The van der Waals surface area contributed by atoms with Crippen molar-refractivity contribution < 1.29 is 95.3 Å². The second kappa shape index (κ2) is 16.1. The molecule has 4 aromatic carbocycles. The third-order valence-corrected chi connectivity index (χ3v) is 6.14. The average molecular weight is 601 g/mol. The molecule has 0 atom stereocenters. The van der Waals surface area contributed by atoms with Crippen LogP contribution in [-0.2, 0) is 20.2 Å². The molecule has 16 heteroatoms. The second-order valence-electron chi connectivity index (χ2n) is 7.34. The van der Waals surface area contributed by atoms with Gasteiger partial charge in [0.1, 0.15) is 31.7 Å². The first kappa shape index (κ1) is 35.5. The Morgan fingerprint density at radius 2 is 0.775 bits per heavy atom. The fraction of sp³-hybridized carbons (Fsp3) is 0. The zero-order chi connectivity index (χ0) is 27.8. The Morgan fingerprint density at radius 3 is 1.07 bits per heavy atom. The fourth-order valence-corrected chi connectivity index (χ4v) is 3.69. The van der Waals surface area contributed by atoms with Gasteiger partial charge in [-0.2, -0.15) is 20.5 Å². The van der Waals surface area contributed by atoms with E-state index < -0.39 is 20.2 Å². The van der Waals surface area contributed by atoms with Gasteiger partial charge in [0.05, 0.1) is 32.5 Å². The molecule has 196 valence electrons. The average Bonchev–Trinajstić information content (AvgIpc) is 2.88. The number of nitrogens with zero attached hydrogens (tertiary/aromatic N) is 4.